The number of aromatic nitrogens is 2. The van der Waals surface area contributed by atoms with Gasteiger partial charge >= 0.3 is 6.03 Å². The van der Waals surface area contributed by atoms with Crippen molar-refractivity contribution in [1.29, 1.82) is 5.26 Å². The highest BCUT2D eigenvalue weighted by Gasteiger charge is 2.29. The van der Waals surface area contributed by atoms with E-state index in [1.165, 1.54) is 12.4 Å². The summed E-state index contributed by atoms with van der Waals surface area (Å²) in [5, 5.41) is 12.3. The number of hydrogen-bond donors (Lipinski definition) is 1. The van der Waals surface area contributed by atoms with Crippen LogP contribution in [0.25, 0.3) is 0 Å². The first kappa shape index (κ1) is 16.0. The molecular formula is C16H14ClN5O2. The summed E-state index contributed by atoms with van der Waals surface area (Å²) in [6.07, 6.45) is 3.32. The van der Waals surface area contributed by atoms with Gasteiger partial charge in [-0.15, -0.1) is 0 Å². The third-order valence-electron chi connectivity index (χ3n) is 3.60. The molecular weight excluding hydrogens is 330 g/mol. The molecule has 122 valence electrons. The number of halogens is 1. The number of amides is 2. The van der Waals surface area contributed by atoms with E-state index in [4.69, 9.17) is 21.6 Å². The van der Waals surface area contributed by atoms with Gasteiger partial charge in [0.25, 0.3) is 5.88 Å². The number of rotatable bonds is 3. The predicted octanol–water partition coefficient (Wildman–Crippen LogP) is 2.69. The average Bonchev–Trinajstić information content (AvgIpc) is 3.06. The molecule has 1 aliphatic heterocycles. The summed E-state index contributed by atoms with van der Waals surface area (Å²) in [5.74, 6) is 0.193. The molecule has 2 amide bonds. The standard InChI is InChI=1S/C16H14ClN5O2/c17-12-3-1-2-4-13(12)21-16(23)22-8-5-11(10-22)24-15-14(9-18)19-6-7-20-15/h1-4,6-7,11H,5,8,10H2,(H,21,23). The van der Waals surface area contributed by atoms with Gasteiger partial charge in [-0.05, 0) is 12.1 Å². The van der Waals surface area contributed by atoms with Crippen LogP contribution in [0.3, 0.4) is 0 Å². The van der Waals surface area contributed by atoms with E-state index < -0.39 is 0 Å². The van der Waals surface area contributed by atoms with Gasteiger partial charge in [-0.3, -0.25) is 0 Å². The van der Waals surface area contributed by atoms with Crippen LogP contribution in [0.2, 0.25) is 5.02 Å². The fourth-order valence-corrected chi connectivity index (χ4v) is 2.59. The molecule has 24 heavy (non-hydrogen) atoms. The fourth-order valence-electron chi connectivity index (χ4n) is 2.41. The quantitative estimate of drug-likeness (QED) is 0.925. The number of hydrogen-bond acceptors (Lipinski definition) is 5. The van der Waals surface area contributed by atoms with E-state index in [9.17, 15) is 4.79 Å². The van der Waals surface area contributed by atoms with Crippen molar-refractivity contribution in [2.24, 2.45) is 0 Å². The zero-order valence-corrected chi connectivity index (χ0v) is 13.4. The van der Waals surface area contributed by atoms with Crippen molar-refractivity contribution >= 4 is 23.3 Å². The molecule has 1 N–H and O–H groups in total. The first-order chi connectivity index (χ1) is 11.7. The number of para-hydroxylation sites is 1. The number of ether oxygens (including phenoxy) is 1. The van der Waals surface area contributed by atoms with E-state index in [-0.39, 0.29) is 23.7 Å². The molecule has 1 saturated heterocycles. The van der Waals surface area contributed by atoms with Gasteiger partial charge in [0.1, 0.15) is 12.2 Å². The minimum atomic E-state index is -0.242. The van der Waals surface area contributed by atoms with Crippen LogP contribution in [-0.4, -0.2) is 40.1 Å². The van der Waals surface area contributed by atoms with Gasteiger partial charge < -0.3 is 15.0 Å². The van der Waals surface area contributed by atoms with E-state index in [1.54, 1.807) is 29.2 Å². The zero-order valence-electron chi connectivity index (χ0n) is 12.6. The van der Waals surface area contributed by atoms with Crippen LogP contribution in [0, 0.1) is 11.3 Å². The minimum Gasteiger partial charge on any atom is -0.470 e. The Hall–Kier alpha value is -2.85. The molecule has 8 heteroatoms. The molecule has 1 unspecified atom stereocenters. The maximum atomic E-state index is 12.3. The summed E-state index contributed by atoms with van der Waals surface area (Å²) < 4.78 is 5.71. The Bertz CT molecular complexity index is 792. The van der Waals surface area contributed by atoms with Crippen molar-refractivity contribution < 1.29 is 9.53 Å². The van der Waals surface area contributed by atoms with Crippen molar-refractivity contribution in [3.05, 3.63) is 47.4 Å². The zero-order chi connectivity index (χ0) is 16.9. The molecule has 0 bridgehead atoms. The van der Waals surface area contributed by atoms with Crippen LogP contribution in [0.15, 0.2) is 36.7 Å². The molecule has 1 aliphatic rings. The summed E-state index contributed by atoms with van der Waals surface area (Å²) in [5.41, 5.74) is 0.700. The van der Waals surface area contributed by atoms with Gasteiger partial charge in [0.05, 0.1) is 17.3 Å². The summed E-state index contributed by atoms with van der Waals surface area (Å²) in [6, 6.07) is 8.74. The van der Waals surface area contributed by atoms with E-state index >= 15 is 0 Å². The average molecular weight is 344 g/mol. The lowest BCUT2D eigenvalue weighted by molar-refractivity contribution is 0.189. The number of nitrogens with zero attached hydrogens (tertiary/aromatic N) is 4. The largest absolute Gasteiger partial charge is 0.470 e. The van der Waals surface area contributed by atoms with Crippen LogP contribution in [-0.2, 0) is 0 Å². The summed E-state index contributed by atoms with van der Waals surface area (Å²) >= 11 is 6.04. The van der Waals surface area contributed by atoms with Crippen LogP contribution in [0.4, 0.5) is 10.5 Å². The summed E-state index contributed by atoms with van der Waals surface area (Å²) in [7, 11) is 0. The number of nitriles is 1. The molecule has 2 heterocycles. The second kappa shape index (κ2) is 7.15. The molecule has 1 aromatic heterocycles. The molecule has 0 aliphatic carbocycles. The number of urea groups is 1. The van der Waals surface area contributed by atoms with Gasteiger partial charge in [0.2, 0.25) is 5.69 Å². The summed E-state index contributed by atoms with van der Waals surface area (Å²) in [4.78, 5) is 21.9. The first-order valence-corrected chi connectivity index (χ1v) is 7.73. The lowest BCUT2D eigenvalue weighted by Crippen LogP contribution is -2.34. The highest BCUT2D eigenvalue weighted by atomic mass is 35.5. The summed E-state index contributed by atoms with van der Waals surface area (Å²) in [6.45, 7) is 0.945. The van der Waals surface area contributed by atoms with Crippen LogP contribution >= 0.6 is 11.6 Å². The highest BCUT2D eigenvalue weighted by Crippen LogP contribution is 2.23. The lowest BCUT2D eigenvalue weighted by Gasteiger charge is -2.18. The minimum absolute atomic E-state index is 0.136. The van der Waals surface area contributed by atoms with Gasteiger partial charge in [-0.25, -0.2) is 14.8 Å². The topological polar surface area (TPSA) is 91.1 Å². The van der Waals surface area contributed by atoms with Gasteiger partial charge in [0.15, 0.2) is 0 Å². The van der Waals surface area contributed by atoms with Crippen LogP contribution in [0.1, 0.15) is 12.1 Å². The molecule has 7 nitrogen and oxygen atoms in total. The van der Waals surface area contributed by atoms with Crippen molar-refractivity contribution in [2.75, 3.05) is 18.4 Å². The molecule has 0 saturated carbocycles. The third kappa shape index (κ3) is 3.55. The van der Waals surface area contributed by atoms with E-state index in [2.05, 4.69) is 15.3 Å². The smallest absolute Gasteiger partial charge is 0.322 e. The van der Waals surface area contributed by atoms with Crippen molar-refractivity contribution in [3.63, 3.8) is 0 Å². The molecule has 1 aromatic carbocycles. The molecule has 2 aromatic rings. The Balaban J connectivity index is 1.60. The SMILES string of the molecule is N#Cc1nccnc1OC1CCN(C(=O)Nc2ccccc2Cl)C1. The Morgan fingerprint density at radius 3 is 2.96 bits per heavy atom. The number of carbonyl (C=O) groups is 1. The van der Waals surface area contributed by atoms with Crippen molar-refractivity contribution in [3.8, 4) is 11.9 Å². The number of carbonyl (C=O) groups excluding carboxylic acids is 1. The third-order valence-corrected chi connectivity index (χ3v) is 3.93. The monoisotopic (exact) mass is 343 g/mol. The van der Waals surface area contributed by atoms with Crippen molar-refractivity contribution in [1.82, 2.24) is 14.9 Å². The Kier molecular flexibility index (Phi) is 4.77. The molecule has 3 rings (SSSR count). The predicted molar refractivity (Wildman–Crippen MR) is 87.8 cm³/mol. The molecule has 1 atom stereocenters. The van der Waals surface area contributed by atoms with E-state index in [1.807, 2.05) is 6.07 Å². The highest BCUT2D eigenvalue weighted by molar-refractivity contribution is 6.33. The molecule has 0 radical (unpaired) electrons. The van der Waals surface area contributed by atoms with Gasteiger partial charge in [-0.1, -0.05) is 23.7 Å². The maximum Gasteiger partial charge on any atom is 0.322 e. The lowest BCUT2D eigenvalue weighted by atomic mass is 10.3. The number of benzene rings is 1. The maximum absolute atomic E-state index is 12.3. The number of likely N-dealkylation sites (tertiary alicyclic amines) is 1. The van der Waals surface area contributed by atoms with Gasteiger partial charge in [0, 0.05) is 25.4 Å². The second-order valence-electron chi connectivity index (χ2n) is 5.21. The van der Waals surface area contributed by atoms with E-state index in [0.717, 1.165) is 0 Å². The van der Waals surface area contributed by atoms with Crippen LogP contribution in [0.5, 0.6) is 5.88 Å². The normalized spacial score (nSPS) is 16.5. The molecule has 0 spiro atoms. The number of nitrogens with one attached hydrogen (secondary N) is 1. The Labute approximate surface area is 143 Å². The first-order valence-electron chi connectivity index (χ1n) is 7.35. The Morgan fingerprint density at radius 2 is 2.17 bits per heavy atom. The van der Waals surface area contributed by atoms with Crippen LogP contribution < -0.4 is 10.1 Å². The van der Waals surface area contributed by atoms with Gasteiger partial charge in [-0.2, -0.15) is 5.26 Å². The van der Waals surface area contributed by atoms with Crippen molar-refractivity contribution in [2.45, 2.75) is 12.5 Å². The second-order valence-corrected chi connectivity index (χ2v) is 5.61. The number of anilines is 1. The molecule has 1 fully saturated rings. The van der Waals surface area contributed by atoms with E-state index in [0.29, 0.717) is 30.2 Å². The fraction of sp³-hybridized carbons (Fsp3) is 0.250. The Morgan fingerprint density at radius 1 is 1.38 bits per heavy atom.